The molecule has 150 valence electrons. The van der Waals surface area contributed by atoms with Crippen LogP contribution in [-0.4, -0.2) is 23.0 Å². The van der Waals surface area contributed by atoms with Crippen molar-refractivity contribution in [3.8, 4) is 11.5 Å². The standard InChI is InChI=1S/C23H19N3O3S/c1-28-21-13-17(11-12-20(21)29-15-16-7-3-2-4-8-16)14-24-26-22(27)18-9-5-6-10-19(18)25-23(26)30/h2-14H,15H2,1H3,(H,25,30)/b24-14-. The minimum absolute atomic E-state index is 0.227. The van der Waals surface area contributed by atoms with Crippen molar-refractivity contribution in [3.05, 3.63) is 99.0 Å². The number of fused-ring (bicyclic) bond motifs is 1. The molecule has 0 amide bonds. The smallest absolute Gasteiger partial charge is 0.282 e. The topological polar surface area (TPSA) is 68.6 Å². The second-order valence-corrected chi connectivity index (χ2v) is 6.91. The molecule has 0 fully saturated rings. The third kappa shape index (κ3) is 4.16. The molecule has 0 aliphatic heterocycles. The zero-order chi connectivity index (χ0) is 20.9. The van der Waals surface area contributed by atoms with E-state index in [2.05, 4.69) is 10.1 Å². The first-order chi connectivity index (χ1) is 14.7. The molecule has 1 heterocycles. The highest BCUT2D eigenvalue weighted by Crippen LogP contribution is 2.28. The summed E-state index contributed by atoms with van der Waals surface area (Å²) < 4.78 is 12.7. The van der Waals surface area contributed by atoms with Crippen molar-refractivity contribution in [1.82, 2.24) is 9.66 Å². The van der Waals surface area contributed by atoms with E-state index in [1.165, 1.54) is 4.68 Å². The maximum Gasteiger partial charge on any atom is 0.282 e. The first-order valence-corrected chi connectivity index (χ1v) is 9.70. The molecule has 0 aliphatic carbocycles. The quantitative estimate of drug-likeness (QED) is 0.370. The van der Waals surface area contributed by atoms with Crippen molar-refractivity contribution in [2.75, 3.05) is 7.11 Å². The van der Waals surface area contributed by atoms with Crippen LogP contribution in [0.4, 0.5) is 0 Å². The zero-order valence-electron chi connectivity index (χ0n) is 16.2. The summed E-state index contributed by atoms with van der Waals surface area (Å²) in [6.45, 7) is 0.437. The van der Waals surface area contributed by atoms with E-state index < -0.39 is 0 Å². The Labute approximate surface area is 178 Å². The molecule has 1 aromatic heterocycles. The van der Waals surface area contributed by atoms with Crippen LogP contribution in [0.15, 0.2) is 82.7 Å². The average molecular weight is 417 g/mol. The van der Waals surface area contributed by atoms with Crippen LogP contribution in [0.25, 0.3) is 10.9 Å². The Morgan fingerprint density at radius 3 is 2.60 bits per heavy atom. The van der Waals surface area contributed by atoms with Gasteiger partial charge in [-0.3, -0.25) is 4.79 Å². The number of ether oxygens (including phenoxy) is 2. The van der Waals surface area contributed by atoms with Crippen molar-refractivity contribution >= 4 is 29.3 Å². The number of aromatic amines is 1. The van der Waals surface area contributed by atoms with Gasteiger partial charge in [0.25, 0.3) is 5.56 Å². The van der Waals surface area contributed by atoms with Crippen LogP contribution in [-0.2, 0) is 6.61 Å². The third-order valence-electron chi connectivity index (χ3n) is 4.53. The van der Waals surface area contributed by atoms with Crippen LogP contribution >= 0.6 is 12.2 Å². The predicted octanol–water partition coefficient (Wildman–Crippen LogP) is 4.53. The number of hydrogen-bond acceptors (Lipinski definition) is 5. The summed E-state index contributed by atoms with van der Waals surface area (Å²) in [6, 6.07) is 22.5. The Balaban J connectivity index is 1.59. The summed E-state index contributed by atoms with van der Waals surface area (Å²) in [5.74, 6) is 1.20. The van der Waals surface area contributed by atoms with Gasteiger partial charge in [-0.25, -0.2) is 0 Å². The Bertz CT molecular complexity index is 1330. The summed E-state index contributed by atoms with van der Waals surface area (Å²) in [7, 11) is 1.58. The van der Waals surface area contributed by atoms with Gasteiger partial charge in [0.05, 0.1) is 24.2 Å². The third-order valence-corrected chi connectivity index (χ3v) is 4.81. The highest BCUT2D eigenvalue weighted by Gasteiger charge is 2.07. The van der Waals surface area contributed by atoms with E-state index in [0.29, 0.717) is 29.0 Å². The van der Waals surface area contributed by atoms with Crippen LogP contribution in [0, 0.1) is 4.77 Å². The lowest BCUT2D eigenvalue weighted by Gasteiger charge is -2.11. The molecule has 30 heavy (non-hydrogen) atoms. The minimum Gasteiger partial charge on any atom is -0.493 e. The lowest BCUT2D eigenvalue weighted by atomic mass is 10.2. The van der Waals surface area contributed by atoms with E-state index in [1.54, 1.807) is 37.6 Å². The molecule has 0 spiro atoms. The number of H-pyrrole nitrogens is 1. The van der Waals surface area contributed by atoms with Gasteiger partial charge in [-0.1, -0.05) is 42.5 Å². The van der Waals surface area contributed by atoms with Crippen molar-refractivity contribution in [1.29, 1.82) is 0 Å². The van der Waals surface area contributed by atoms with E-state index >= 15 is 0 Å². The lowest BCUT2D eigenvalue weighted by molar-refractivity contribution is 0.284. The molecule has 0 radical (unpaired) electrons. The highest BCUT2D eigenvalue weighted by atomic mass is 32.1. The molecule has 0 saturated heterocycles. The average Bonchev–Trinajstić information content (AvgIpc) is 2.78. The SMILES string of the molecule is COc1cc(/C=N\n2c(=S)[nH]c3ccccc3c2=O)ccc1OCc1ccccc1. The zero-order valence-corrected chi connectivity index (χ0v) is 17.1. The molecule has 0 unspecified atom stereocenters. The molecular weight excluding hydrogens is 398 g/mol. The molecule has 0 aliphatic rings. The van der Waals surface area contributed by atoms with Crippen molar-refractivity contribution in [2.24, 2.45) is 5.10 Å². The normalized spacial score (nSPS) is 11.1. The van der Waals surface area contributed by atoms with Gasteiger partial charge < -0.3 is 14.5 Å². The molecule has 3 aromatic carbocycles. The summed E-state index contributed by atoms with van der Waals surface area (Å²) in [5.41, 5.74) is 2.21. The van der Waals surface area contributed by atoms with Gasteiger partial charge in [-0.05, 0) is 53.7 Å². The maximum absolute atomic E-state index is 12.7. The Hall–Kier alpha value is -3.71. The number of aromatic nitrogens is 2. The molecule has 6 nitrogen and oxygen atoms in total. The number of rotatable bonds is 6. The molecule has 4 rings (SSSR count). The summed E-state index contributed by atoms with van der Waals surface area (Å²) in [6.07, 6.45) is 1.56. The number of hydrogen-bond donors (Lipinski definition) is 1. The van der Waals surface area contributed by atoms with Crippen LogP contribution < -0.4 is 15.0 Å². The summed E-state index contributed by atoms with van der Waals surface area (Å²) in [4.78, 5) is 15.7. The first kappa shape index (κ1) is 19.6. The number of para-hydroxylation sites is 1. The molecule has 1 N–H and O–H groups in total. The fourth-order valence-corrected chi connectivity index (χ4v) is 3.24. The Kier molecular flexibility index (Phi) is 5.72. The Morgan fingerprint density at radius 2 is 1.80 bits per heavy atom. The monoisotopic (exact) mass is 417 g/mol. The molecule has 0 bridgehead atoms. The van der Waals surface area contributed by atoms with Gasteiger partial charge >= 0.3 is 0 Å². The highest BCUT2D eigenvalue weighted by molar-refractivity contribution is 7.71. The fourth-order valence-electron chi connectivity index (χ4n) is 3.00. The van der Waals surface area contributed by atoms with Crippen molar-refractivity contribution in [2.45, 2.75) is 6.61 Å². The van der Waals surface area contributed by atoms with Gasteiger partial charge in [-0.2, -0.15) is 9.78 Å². The van der Waals surface area contributed by atoms with Crippen LogP contribution in [0.2, 0.25) is 0 Å². The second-order valence-electron chi connectivity index (χ2n) is 6.52. The van der Waals surface area contributed by atoms with Crippen LogP contribution in [0.1, 0.15) is 11.1 Å². The van der Waals surface area contributed by atoms with Gasteiger partial charge in [-0.15, -0.1) is 0 Å². The largest absolute Gasteiger partial charge is 0.493 e. The van der Waals surface area contributed by atoms with Crippen LogP contribution in [0.5, 0.6) is 11.5 Å². The van der Waals surface area contributed by atoms with Gasteiger partial charge in [0.2, 0.25) is 4.77 Å². The number of nitrogens with zero attached hydrogens (tertiary/aromatic N) is 2. The molecular formula is C23H19N3O3S. The van der Waals surface area contributed by atoms with E-state index in [1.807, 2.05) is 48.5 Å². The van der Waals surface area contributed by atoms with E-state index in [4.69, 9.17) is 21.7 Å². The molecule has 4 aromatic rings. The van der Waals surface area contributed by atoms with Gasteiger partial charge in [0.1, 0.15) is 6.61 Å². The number of nitrogens with one attached hydrogen (secondary N) is 1. The molecule has 0 atom stereocenters. The van der Waals surface area contributed by atoms with E-state index in [-0.39, 0.29) is 10.3 Å². The van der Waals surface area contributed by atoms with Crippen molar-refractivity contribution < 1.29 is 9.47 Å². The van der Waals surface area contributed by atoms with Gasteiger partial charge in [0.15, 0.2) is 11.5 Å². The first-order valence-electron chi connectivity index (χ1n) is 9.29. The van der Waals surface area contributed by atoms with Gasteiger partial charge in [0, 0.05) is 0 Å². The summed E-state index contributed by atoms with van der Waals surface area (Å²) >= 11 is 5.28. The van der Waals surface area contributed by atoms with Crippen LogP contribution in [0.3, 0.4) is 0 Å². The molecule has 7 heteroatoms. The number of benzene rings is 3. The van der Waals surface area contributed by atoms with Crippen molar-refractivity contribution in [3.63, 3.8) is 0 Å². The second kappa shape index (κ2) is 8.75. The maximum atomic E-state index is 12.7. The Morgan fingerprint density at radius 1 is 1.03 bits per heavy atom. The summed E-state index contributed by atoms with van der Waals surface area (Å²) in [5, 5.41) is 4.79. The van der Waals surface area contributed by atoms with E-state index in [9.17, 15) is 4.79 Å². The van der Waals surface area contributed by atoms with E-state index in [0.717, 1.165) is 11.1 Å². The minimum atomic E-state index is -0.277. The molecule has 0 saturated carbocycles. The fraction of sp³-hybridized carbons (Fsp3) is 0.0870. The predicted molar refractivity (Wildman–Crippen MR) is 120 cm³/mol. The number of methoxy groups -OCH3 is 1. The lowest BCUT2D eigenvalue weighted by Crippen LogP contribution is -2.18.